The monoisotopic (exact) mass is 217 g/mol. The molecule has 0 atom stereocenters. The van der Waals surface area contributed by atoms with Crippen LogP contribution in [0.4, 0.5) is 0 Å². The minimum atomic E-state index is -1.22. The Labute approximate surface area is 93.3 Å². The maximum atomic E-state index is 3.25. The largest absolute Gasteiger partial charge is 0.130 e. The molecule has 5 radical (unpaired) electrons. The second-order valence-electron chi connectivity index (χ2n) is 3.98. The zero-order valence-corrected chi connectivity index (χ0v) is 10.5. The Morgan fingerprint density at radius 3 is 2.29 bits per heavy atom. The van der Waals surface area contributed by atoms with Crippen LogP contribution < -0.4 is 0 Å². The molecule has 0 aliphatic heterocycles. The van der Waals surface area contributed by atoms with Crippen LogP contribution in [0.2, 0.25) is 19.6 Å². The van der Waals surface area contributed by atoms with Crippen molar-refractivity contribution < 1.29 is 0 Å². The van der Waals surface area contributed by atoms with Crippen molar-refractivity contribution in [2.24, 2.45) is 0 Å². The molecule has 2 heteroatoms. The molecule has 0 heterocycles. The van der Waals surface area contributed by atoms with Gasteiger partial charge in [-0.25, -0.2) is 0 Å². The van der Waals surface area contributed by atoms with Crippen molar-refractivity contribution in [2.75, 3.05) is 0 Å². The third-order valence-corrected chi connectivity index (χ3v) is 2.85. The lowest BCUT2D eigenvalue weighted by atomic mass is 10.1. The molecule has 14 heavy (non-hydrogen) atoms. The summed E-state index contributed by atoms with van der Waals surface area (Å²) >= 11 is 1.39. The Kier molecular flexibility index (Phi) is 4.65. The van der Waals surface area contributed by atoms with Crippen LogP contribution in [0.15, 0.2) is 0 Å². The lowest BCUT2D eigenvalue weighted by molar-refractivity contribution is 1.43. The van der Waals surface area contributed by atoms with Gasteiger partial charge in [0.2, 0.25) is 0 Å². The van der Waals surface area contributed by atoms with Crippen LogP contribution in [0.3, 0.4) is 0 Å². The van der Waals surface area contributed by atoms with E-state index in [1.54, 1.807) is 0 Å². The van der Waals surface area contributed by atoms with Crippen molar-refractivity contribution in [1.82, 2.24) is 0 Å². The van der Waals surface area contributed by atoms with E-state index in [1.165, 1.54) is 11.8 Å². The van der Waals surface area contributed by atoms with E-state index in [-0.39, 0.29) is 0 Å². The van der Waals surface area contributed by atoms with E-state index in [0.29, 0.717) is 0 Å². The Bertz CT molecular complexity index is 286. The summed E-state index contributed by atoms with van der Waals surface area (Å²) in [5, 5.41) is 6.02. The molecule has 0 aromatic carbocycles. The Morgan fingerprint density at radius 1 is 1.07 bits per heavy atom. The molecule has 1 saturated carbocycles. The van der Waals surface area contributed by atoms with Crippen LogP contribution in [0.5, 0.6) is 0 Å². The van der Waals surface area contributed by atoms with Crippen LogP contribution in [0, 0.1) is 53.6 Å². The summed E-state index contributed by atoms with van der Waals surface area (Å²) in [4.78, 5) is 0. The van der Waals surface area contributed by atoms with Crippen LogP contribution >= 0.6 is 11.8 Å². The summed E-state index contributed by atoms with van der Waals surface area (Å²) in [6.07, 6.45) is 7.98. The van der Waals surface area contributed by atoms with Crippen molar-refractivity contribution in [3.05, 3.63) is 31.6 Å². The van der Waals surface area contributed by atoms with Gasteiger partial charge >= 0.3 is 0 Å². The average Bonchev–Trinajstić information content (AvgIpc) is 2.54. The van der Waals surface area contributed by atoms with Crippen LogP contribution in [0.25, 0.3) is 0 Å². The first-order valence-corrected chi connectivity index (χ1v) is 8.80. The topological polar surface area (TPSA) is 0 Å². The second kappa shape index (κ2) is 5.54. The zero-order chi connectivity index (χ0) is 10.4. The molecule has 0 bridgehead atoms. The molecule has 71 valence electrons. The van der Waals surface area contributed by atoms with Crippen molar-refractivity contribution in [1.29, 1.82) is 0 Å². The van der Waals surface area contributed by atoms with E-state index in [9.17, 15) is 0 Å². The summed E-state index contributed by atoms with van der Waals surface area (Å²) in [6, 6.07) is 0. The Balaban J connectivity index is 2.28. The van der Waals surface area contributed by atoms with Gasteiger partial charge in [-0.1, -0.05) is 25.6 Å². The minimum Gasteiger partial charge on any atom is -0.119 e. The fourth-order valence-corrected chi connectivity index (χ4v) is 2.39. The lowest BCUT2D eigenvalue weighted by Gasteiger charge is -2.01. The summed E-state index contributed by atoms with van der Waals surface area (Å²) in [6.45, 7) is 6.68. The van der Waals surface area contributed by atoms with E-state index >= 15 is 0 Å². The number of hydrogen-bond acceptors (Lipinski definition) is 1. The highest BCUT2D eigenvalue weighted by Crippen LogP contribution is 2.21. The van der Waals surface area contributed by atoms with Crippen LogP contribution in [0.1, 0.15) is 0 Å². The van der Waals surface area contributed by atoms with E-state index in [2.05, 4.69) is 41.6 Å². The molecule has 0 amide bonds. The molecule has 0 nitrogen and oxygen atoms in total. The molecule has 1 rings (SSSR count). The van der Waals surface area contributed by atoms with Gasteiger partial charge in [0, 0.05) is 11.8 Å². The van der Waals surface area contributed by atoms with Gasteiger partial charge in [0.15, 0.2) is 0 Å². The summed E-state index contributed by atoms with van der Waals surface area (Å²) in [7, 11) is -1.22. The molecule has 0 spiro atoms. The van der Waals surface area contributed by atoms with Gasteiger partial charge in [-0.15, -0.1) is 5.54 Å². The molecule has 1 aliphatic carbocycles. The standard InChI is InChI=1S/C12H13SSi/c1-14(2,3)11-10-13-9-8-12-6-4-5-7-12/h4-7H,1-3H3. The smallest absolute Gasteiger partial charge is 0.119 e. The first kappa shape index (κ1) is 11.8. The fraction of sp³-hybridized carbons (Fsp3) is 0.250. The molecule has 1 fully saturated rings. The third kappa shape index (κ3) is 5.42. The van der Waals surface area contributed by atoms with Crippen LogP contribution in [-0.2, 0) is 0 Å². The minimum absolute atomic E-state index is 1.06. The zero-order valence-electron chi connectivity index (χ0n) is 8.72. The molecule has 1 aliphatic rings. The maximum absolute atomic E-state index is 3.25. The first-order chi connectivity index (χ1) is 6.58. The third-order valence-electron chi connectivity index (χ3n) is 1.39. The van der Waals surface area contributed by atoms with E-state index in [0.717, 1.165) is 5.92 Å². The number of rotatable bonds is 0. The Morgan fingerprint density at radius 2 is 1.71 bits per heavy atom. The Hall–Kier alpha value is -0.313. The average molecular weight is 217 g/mol. The SMILES string of the molecule is C[Si](C)(C)C#CSC#C[C]1[CH][CH][CH][CH]1. The van der Waals surface area contributed by atoms with E-state index < -0.39 is 8.07 Å². The molecule has 0 aromatic rings. The van der Waals surface area contributed by atoms with Crippen molar-refractivity contribution in [2.45, 2.75) is 19.6 Å². The van der Waals surface area contributed by atoms with Gasteiger partial charge in [-0.2, -0.15) is 0 Å². The summed E-state index contributed by atoms with van der Waals surface area (Å²) in [5.74, 6) is 4.10. The second-order valence-corrected chi connectivity index (χ2v) is 9.34. The molecular formula is C12H13SSi. The van der Waals surface area contributed by atoms with Crippen molar-refractivity contribution in [3.63, 3.8) is 0 Å². The molecule has 0 aromatic heterocycles. The van der Waals surface area contributed by atoms with Gasteiger partial charge < -0.3 is 0 Å². The summed E-state index contributed by atoms with van der Waals surface area (Å²) in [5.41, 5.74) is 3.25. The summed E-state index contributed by atoms with van der Waals surface area (Å²) < 4.78 is 0. The maximum Gasteiger partial charge on any atom is 0.130 e. The molecular weight excluding hydrogens is 204 g/mol. The van der Waals surface area contributed by atoms with E-state index in [4.69, 9.17) is 0 Å². The highest BCUT2D eigenvalue weighted by atomic mass is 32.2. The highest BCUT2D eigenvalue weighted by Gasteiger charge is 2.13. The van der Waals surface area contributed by atoms with Gasteiger partial charge in [-0.3, -0.25) is 0 Å². The first-order valence-electron chi connectivity index (χ1n) is 4.49. The lowest BCUT2D eigenvalue weighted by Crippen LogP contribution is -2.15. The fourth-order valence-electron chi connectivity index (χ4n) is 0.746. The predicted molar refractivity (Wildman–Crippen MR) is 66.9 cm³/mol. The predicted octanol–water partition coefficient (Wildman–Crippen LogP) is 2.92. The molecule has 0 unspecified atom stereocenters. The number of thioether (sulfide) groups is 1. The molecule has 0 N–H and O–H groups in total. The van der Waals surface area contributed by atoms with Crippen LogP contribution in [-0.4, -0.2) is 8.07 Å². The number of hydrogen-bond donors (Lipinski definition) is 0. The van der Waals surface area contributed by atoms with Gasteiger partial charge in [-0.05, 0) is 36.2 Å². The van der Waals surface area contributed by atoms with Gasteiger partial charge in [0.1, 0.15) is 8.07 Å². The van der Waals surface area contributed by atoms with Crippen molar-refractivity contribution >= 4 is 19.8 Å². The highest BCUT2D eigenvalue weighted by molar-refractivity contribution is 8.08. The normalized spacial score (nSPS) is 16.8. The van der Waals surface area contributed by atoms with E-state index in [1.807, 2.05) is 25.7 Å². The molecule has 0 saturated heterocycles. The van der Waals surface area contributed by atoms with Gasteiger partial charge in [0.05, 0.1) is 5.92 Å². The van der Waals surface area contributed by atoms with Gasteiger partial charge in [0.25, 0.3) is 0 Å². The quantitative estimate of drug-likeness (QED) is 0.444. The van der Waals surface area contributed by atoms with Crippen molar-refractivity contribution in [3.8, 4) is 22.0 Å².